The van der Waals surface area contributed by atoms with Crippen molar-refractivity contribution in [2.24, 2.45) is 5.73 Å². The highest BCUT2D eigenvalue weighted by Crippen LogP contribution is 2.30. The fourth-order valence-corrected chi connectivity index (χ4v) is 3.28. The second kappa shape index (κ2) is 6.04. The van der Waals surface area contributed by atoms with E-state index in [-0.39, 0.29) is 12.5 Å². The lowest BCUT2D eigenvalue weighted by Gasteiger charge is -2.03. The molecule has 1 aliphatic rings. The molecule has 0 aliphatic heterocycles. The van der Waals surface area contributed by atoms with Crippen LogP contribution in [0.25, 0.3) is 0 Å². The van der Waals surface area contributed by atoms with Gasteiger partial charge in [0, 0.05) is 11.1 Å². The molecule has 2 aromatic heterocycles. The molecule has 1 aliphatic carbocycles. The van der Waals surface area contributed by atoms with Crippen LogP contribution in [0.5, 0.6) is 0 Å². The van der Waals surface area contributed by atoms with Crippen LogP contribution in [0.1, 0.15) is 33.0 Å². The van der Waals surface area contributed by atoms with Gasteiger partial charge in [0.2, 0.25) is 0 Å². The van der Waals surface area contributed by atoms with E-state index >= 15 is 0 Å². The number of pyridine rings is 1. The van der Waals surface area contributed by atoms with E-state index in [1.54, 1.807) is 29.7 Å². The number of aryl methyl sites for hydroxylation is 2. The Balaban J connectivity index is 1.81. The highest BCUT2D eigenvalue weighted by Gasteiger charge is 2.19. The number of aromatic nitrogens is 2. The van der Waals surface area contributed by atoms with Crippen molar-refractivity contribution in [3.8, 4) is 11.8 Å². The number of carbonyl (C=O) groups is 1. The minimum Gasteiger partial charge on any atom is -0.320 e. The zero-order valence-electron chi connectivity index (χ0n) is 11.3. The van der Waals surface area contributed by atoms with Gasteiger partial charge in [-0.1, -0.05) is 11.8 Å². The van der Waals surface area contributed by atoms with E-state index in [1.165, 1.54) is 4.88 Å². The van der Waals surface area contributed by atoms with Gasteiger partial charge < -0.3 is 5.73 Å². The predicted octanol–water partition coefficient (Wildman–Crippen LogP) is 1.59. The Labute approximate surface area is 126 Å². The molecule has 0 aromatic carbocycles. The Morgan fingerprint density at radius 1 is 1.48 bits per heavy atom. The highest BCUT2D eigenvalue weighted by atomic mass is 32.1. The van der Waals surface area contributed by atoms with Gasteiger partial charge in [0.1, 0.15) is 5.69 Å². The van der Waals surface area contributed by atoms with Crippen LogP contribution in [0.15, 0.2) is 18.3 Å². The Hall–Kier alpha value is -2.23. The summed E-state index contributed by atoms with van der Waals surface area (Å²) in [6, 6.07) is 3.50. The number of rotatable bonds is 2. The first-order valence-electron chi connectivity index (χ1n) is 6.72. The molecular weight excluding hydrogens is 284 g/mol. The molecule has 2 aromatic rings. The number of nitrogens with one attached hydrogen (secondary N) is 1. The smallest absolute Gasteiger partial charge is 0.277 e. The van der Waals surface area contributed by atoms with Crippen molar-refractivity contribution in [1.82, 2.24) is 9.97 Å². The van der Waals surface area contributed by atoms with Gasteiger partial charge in [-0.3, -0.25) is 10.1 Å². The van der Waals surface area contributed by atoms with E-state index in [9.17, 15) is 4.79 Å². The lowest BCUT2D eigenvalue weighted by atomic mass is 10.2. The molecule has 106 valence electrons. The average molecular weight is 298 g/mol. The van der Waals surface area contributed by atoms with Crippen molar-refractivity contribution in [3.63, 3.8) is 0 Å². The summed E-state index contributed by atoms with van der Waals surface area (Å²) >= 11 is 1.54. The van der Waals surface area contributed by atoms with Crippen molar-refractivity contribution in [2.45, 2.75) is 19.3 Å². The third-order valence-corrected chi connectivity index (χ3v) is 4.24. The summed E-state index contributed by atoms with van der Waals surface area (Å²) in [5.41, 5.74) is 7.35. The Morgan fingerprint density at radius 3 is 3.19 bits per heavy atom. The molecule has 6 heteroatoms. The summed E-state index contributed by atoms with van der Waals surface area (Å²) in [6.45, 7) is 0.245. The normalized spacial score (nSPS) is 12.4. The Morgan fingerprint density at radius 2 is 2.38 bits per heavy atom. The van der Waals surface area contributed by atoms with Crippen molar-refractivity contribution in [3.05, 3.63) is 40.2 Å². The van der Waals surface area contributed by atoms with Gasteiger partial charge in [-0.15, -0.1) is 11.3 Å². The quantitative estimate of drug-likeness (QED) is 0.825. The molecule has 3 rings (SSSR count). The first kappa shape index (κ1) is 13.7. The van der Waals surface area contributed by atoms with E-state index in [2.05, 4.69) is 27.1 Å². The Kier molecular flexibility index (Phi) is 3.95. The number of fused-ring (bicyclic) bond motifs is 1. The fraction of sp³-hybridized carbons (Fsp3) is 0.267. The number of hydrogen-bond donors (Lipinski definition) is 2. The van der Waals surface area contributed by atoms with Gasteiger partial charge in [-0.05, 0) is 31.4 Å². The standard InChI is InChI=1S/C15H14N4OS/c16-8-2-4-10-5-3-9-17-13(10)14(20)19-15-18-11-6-1-7-12(11)21-15/h3,5,9H,1,6-8,16H2,(H,18,19,20). The van der Waals surface area contributed by atoms with Gasteiger partial charge in [-0.25, -0.2) is 9.97 Å². The lowest BCUT2D eigenvalue weighted by molar-refractivity contribution is 0.102. The summed E-state index contributed by atoms with van der Waals surface area (Å²) in [6.07, 6.45) is 4.78. The molecule has 2 heterocycles. The molecule has 0 unspecified atom stereocenters. The van der Waals surface area contributed by atoms with E-state index < -0.39 is 0 Å². The molecule has 0 saturated carbocycles. The first-order valence-corrected chi connectivity index (χ1v) is 7.53. The number of nitrogens with zero attached hydrogens (tertiary/aromatic N) is 2. The number of carbonyl (C=O) groups excluding carboxylic acids is 1. The Bertz CT molecular complexity index is 720. The zero-order valence-corrected chi connectivity index (χ0v) is 12.2. The number of nitrogens with two attached hydrogens (primary N) is 1. The SMILES string of the molecule is NCC#Cc1cccnc1C(=O)Nc1nc2c(s1)CCC2. The predicted molar refractivity (Wildman–Crippen MR) is 82.3 cm³/mol. The van der Waals surface area contributed by atoms with Crippen LogP contribution in [0, 0.1) is 11.8 Å². The summed E-state index contributed by atoms with van der Waals surface area (Å²) in [5, 5.41) is 3.44. The maximum absolute atomic E-state index is 12.3. The molecule has 0 atom stereocenters. The van der Waals surface area contributed by atoms with E-state index in [1.807, 2.05) is 0 Å². The van der Waals surface area contributed by atoms with Crippen LogP contribution in [-0.4, -0.2) is 22.4 Å². The number of amides is 1. The molecule has 3 N–H and O–H groups in total. The third-order valence-electron chi connectivity index (χ3n) is 3.16. The molecule has 0 spiro atoms. The largest absolute Gasteiger partial charge is 0.320 e. The van der Waals surface area contributed by atoms with Crippen LogP contribution in [0.2, 0.25) is 0 Å². The minimum absolute atomic E-state index is 0.245. The van der Waals surface area contributed by atoms with Gasteiger partial charge >= 0.3 is 0 Å². The summed E-state index contributed by atoms with van der Waals surface area (Å²) in [5.74, 6) is 5.32. The van der Waals surface area contributed by atoms with Gasteiger partial charge in [0.15, 0.2) is 5.13 Å². The van der Waals surface area contributed by atoms with E-state index in [4.69, 9.17) is 5.73 Å². The topological polar surface area (TPSA) is 80.9 Å². The maximum atomic E-state index is 12.3. The highest BCUT2D eigenvalue weighted by molar-refractivity contribution is 7.15. The van der Waals surface area contributed by atoms with Crippen LogP contribution >= 0.6 is 11.3 Å². The first-order chi connectivity index (χ1) is 10.3. The maximum Gasteiger partial charge on any atom is 0.277 e. The van der Waals surface area contributed by atoms with Crippen LogP contribution < -0.4 is 11.1 Å². The molecule has 0 fully saturated rings. The average Bonchev–Trinajstić information content (AvgIpc) is 3.06. The molecule has 5 nitrogen and oxygen atoms in total. The van der Waals surface area contributed by atoms with Crippen molar-refractivity contribution < 1.29 is 4.79 Å². The molecular formula is C15H14N4OS. The second-order valence-electron chi connectivity index (χ2n) is 4.60. The molecule has 1 amide bonds. The summed E-state index contributed by atoms with van der Waals surface area (Å²) in [4.78, 5) is 22.2. The minimum atomic E-state index is -0.288. The van der Waals surface area contributed by atoms with Crippen LogP contribution in [-0.2, 0) is 12.8 Å². The molecule has 0 saturated heterocycles. The van der Waals surface area contributed by atoms with Crippen LogP contribution in [0.3, 0.4) is 0 Å². The van der Waals surface area contributed by atoms with Gasteiger partial charge in [-0.2, -0.15) is 0 Å². The van der Waals surface area contributed by atoms with E-state index in [0.29, 0.717) is 16.4 Å². The molecule has 0 radical (unpaired) electrons. The van der Waals surface area contributed by atoms with Gasteiger partial charge in [0.25, 0.3) is 5.91 Å². The molecule has 21 heavy (non-hydrogen) atoms. The van der Waals surface area contributed by atoms with Crippen molar-refractivity contribution in [2.75, 3.05) is 11.9 Å². The lowest BCUT2D eigenvalue weighted by Crippen LogP contribution is -2.15. The number of anilines is 1. The fourth-order valence-electron chi connectivity index (χ4n) is 2.23. The van der Waals surface area contributed by atoms with Crippen LogP contribution in [0.4, 0.5) is 5.13 Å². The third kappa shape index (κ3) is 2.94. The second-order valence-corrected chi connectivity index (χ2v) is 5.69. The number of thiazole rings is 1. The van der Waals surface area contributed by atoms with Crippen molar-refractivity contribution in [1.29, 1.82) is 0 Å². The van der Waals surface area contributed by atoms with E-state index in [0.717, 1.165) is 25.0 Å². The van der Waals surface area contributed by atoms with Gasteiger partial charge in [0.05, 0.1) is 17.8 Å². The monoisotopic (exact) mass is 298 g/mol. The molecule has 0 bridgehead atoms. The van der Waals surface area contributed by atoms with Crippen molar-refractivity contribution >= 4 is 22.4 Å². The zero-order chi connectivity index (χ0) is 14.7. The summed E-state index contributed by atoms with van der Waals surface area (Å²) < 4.78 is 0. The number of hydrogen-bond acceptors (Lipinski definition) is 5. The summed E-state index contributed by atoms with van der Waals surface area (Å²) in [7, 11) is 0.